The quantitative estimate of drug-likeness (QED) is 0.597. The molecule has 1 N–H and O–H groups in total. The van der Waals surface area contributed by atoms with Crippen molar-refractivity contribution in [2.24, 2.45) is 0 Å². The van der Waals surface area contributed by atoms with Crippen LogP contribution in [0.2, 0.25) is 0 Å². The van der Waals surface area contributed by atoms with E-state index in [1.165, 1.54) is 4.90 Å². The number of hydrogen-bond donors (Lipinski definition) is 1. The number of hydrogen-bond acceptors (Lipinski definition) is 3. The van der Waals surface area contributed by atoms with E-state index in [9.17, 15) is 9.59 Å². The van der Waals surface area contributed by atoms with E-state index in [4.69, 9.17) is 5.11 Å². The molecule has 0 radical (unpaired) electrons. The number of carboxylic acid groups (broad SMARTS) is 1. The predicted octanol–water partition coefficient (Wildman–Crippen LogP) is 2.00. The van der Waals surface area contributed by atoms with Gasteiger partial charge in [-0.2, -0.15) is 0 Å². The minimum absolute atomic E-state index is 0.0139. The third-order valence-corrected chi connectivity index (χ3v) is 3.05. The molecule has 1 aromatic carbocycles. The van der Waals surface area contributed by atoms with Crippen molar-refractivity contribution in [1.82, 2.24) is 0 Å². The number of carbonyl (C=O) groups excluding carboxylic acids is 1. The Morgan fingerprint density at radius 2 is 2.06 bits per heavy atom. The molecule has 0 saturated carbocycles. The fourth-order valence-corrected chi connectivity index (χ4v) is 2.13. The van der Waals surface area contributed by atoms with Crippen LogP contribution in [0, 0.1) is 0 Å². The Labute approximate surface area is 98.6 Å². The zero-order chi connectivity index (χ0) is 12.8. The zero-order valence-electron chi connectivity index (χ0n) is 9.85. The molecule has 0 aliphatic carbocycles. The van der Waals surface area contributed by atoms with Crippen molar-refractivity contribution in [2.75, 3.05) is 11.9 Å². The fraction of sp³-hybridized carbons (Fsp3) is 0.333. The highest BCUT2D eigenvalue weighted by Gasteiger charge is 2.42. The summed E-state index contributed by atoms with van der Waals surface area (Å²) in [6, 6.07) is 4.85. The molecule has 0 bridgehead atoms. The van der Waals surface area contributed by atoms with E-state index in [1.807, 2.05) is 13.8 Å². The molecule has 0 spiro atoms. The summed E-state index contributed by atoms with van der Waals surface area (Å²) in [6.45, 7) is 3.69. The second-order valence-electron chi connectivity index (χ2n) is 4.54. The van der Waals surface area contributed by atoms with Gasteiger partial charge in [-0.15, -0.1) is 0 Å². The van der Waals surface area contributed by atoms with Gasteiger partial charge in [-0.1, -0.05) is 6.07 Å². The first-order valence-electron chi connectivity index (χ1n) is 5.17. The van der Waals surface area contributed by atoms with E-state index in [0.717, 1.165) is 5.56 Å². The second kappa shape index (κ2) is 3.48. The van der Waals surface area contributed by atoms with Crippen LogP contribution in [-0.4, -0.2) is 24.2 Å². The maximum absolute atomic E-state index is 12.0. The standard InChI is InChI=1S/C12H13NO4/c1-12(2)8-5-4-7(17-11(15)16)6-9(8)13(3)10(12)14/h4-6H,1-3H3,(H,15,16). The summed E-state index contributed by atoms with van der Waals surface area (Å²) in [5, 5.41) is 8.53. The van der Waals surface area contributed by atoms with Crippen LogP contribution in [0.1, 0.15) is 19.4 Å². The largest absolute Gasteiger partial charge is 0.511 e. The third-order valence-electron chi connectivity index (χ3n) is 3.05. The first-order valence-corrected chi connectivity index (χ1v) is 5.17. The molecule has 5 heteroatoms. The number of carbonyl (C=O) groups is 2. The van der Waals surface area contributed by atoms with Gasteiger partial charge in [0.05, 0.1) is 11.1 Å². The number of benzene rings is 1. The van der Waals surface area contributed by atoms with Crippen LogP contribution in [0.5, 0.6) is 5.75 Å². The van der Waals surface area contributed by atoms with Gasteiger partial charge >= 0.3 is 6.16 Å². The molecule has 0 unspecified atom stereocenters. The molecular weight excluding hydrogens is 222 g/mol. The van der Waals surface area contributed by atoms with Crippen molar-refractivity contribution < 1.29 is 19.4 Å². The van der Waals surface area contributed by atoms with Crippen LogP contribution in [0.25, 0.3) is 0 Å². The molecule has 1 heterocycles. The number of amides is 1. The van der Waals surface area contributed by atoms with Crippen molar-refractivity contribution in [3.8, 4) is 5.75 Å². The smallest absolute Gasteiger partial charge is 0.449 e. The molecule has 5 nitrogen and oxygen atoms in total. The monoisotopic (exact) mass is 235 g/mol. The van der Waals surface area contributed by atoms with Gasteiger partial charge in [-0.3, -0.25) is 4.79 Å². The maximum atomic E-state index is 12.0. The highest BCUT2D eigenvalue weighted by Crippen LogP contribution is 2.42. The molecule has 17 heavy (non-hydrogen) atoms. The average molecular weight is 235 g/mol. The van der Waals surface area contributed by atoms with Gasteiger partial charge < -0.3 is 14.7 Å². The summed E-state index contributed by atoms with van der Waals surface area (Å²) in [7, 11) is 1.67. The lowest BCUT2D eigenvalue weighted by atomic mass is 9.86. The topological polar surface area (TPSA) is 66.8 Å². The summed E-state index contributed by atoms with van der Waals surface area (Å²) in [5.74, 6) is 0.202. The summed E-state index contributed by atoms with van der Waals surface area (Å²) in [5.41, 5.74) is 0.993. The van der Waals surface area contributed by atoms with Crippen LogP contribution in [0.3, 0.4) is 0 Å². The number of rotatable bonds is 1. The molecule has 90 valence electrons. The van der Waals surface area contributed by atoms with Gasteiger partial charge in [0.1, 0.15) is 5.75 Å². The summed E-state index contributed by atoms with van der Waals surface area (Å²) in [6.07, 6.45) is -1.36. The second-order valence-corrected chi connectivity index (χ2v) is 4.54. The Morgan fingerprint density at radius 3 is 2.65 bits per heavy atom. The van der Waals surface area contributed by atoms with Crippen LogP contribution in [0.4, 0.5) is 10.5 Å². The molecule has 1 amide bonds. The van der Waals surface area contributed by atoms with Crippen molar-refractivity contribution >= 4 is 17.7 Å². The molecule has 0 fully saturated rings. The Morgan fingerprint density at radius 1 is 1.41 bits per heavy atom. The van der Waals surface area contributed by atoms with Gasteiger partial charge in [0.25, 0.3) is 0 Å². The van der Waals surface area contributed by atoms with Crippen molar-refractivity contribution in [3.63, 3.8) is 0 Å². The van der Waals surface area contributed by atoms with Gasteiger partial charge in [0.15, 0.2) is 0 Å². The van der Waals surface area contributed by atoms with Gasteiger partial charge in [-0.05, 0) is 25.5 Å². The van der Waals surface area contributed by atoms with Crippen LogP contribution in [-0.2, 0) is 10.2 Å². The minimum atomic E-state index is -1.36. The van der Waals surface area contributed by atoms with Crippen LogP contribution in [0.15, 0.2) is 18.2 Å². The Kier molecular flexibility index (Phi) is 2.34. The predicted molar refractivity (Wildman–Crippen MR) is 61.5 cm³/mol. The first-order chi connectivity index (χ1) is 7.84. The van der Waals surface area contributed by atoms with E-state index in [2.05, 4.69) is 4.74 Å². The minimum Gasteiger partial charge on any atom is -0.449 e. The SMILES string of the molecule is CN1C(=O)C(C)(C)c2ccc(OC(=O)O)cc21. The van der Waals surface area contributed by atoms with Crippen molar-refractivity contribution in [3.05, 3.63) is 23.8 Å². The summed E-state index contributed by atoms with van der Waals surface area (Å²) in [4.78, 5) is 23.9. The number of likely N-dealkylation sites (N-methyl/N-ethyl adjacent to an activating group) is 1. The van der Waals surface area contributed by atoms with Gasteiger partial charge in [0, 0.05) is 13.1 Å². The van der Waals surface area contributed by atoms with E-state index < -0.39 is 11.6 Å². The molecule has 1 aliphatic heterocycles. The molecule has 1 aliphatic rings. The fourth-order valence-electron chi connectivity index (χ4n) is 2.13. The summed E-state index contributed by atoms with van der Waals surface area (Å²) < 4.78 is 4.57. The Balaban J connectivity index is 2.49. The molecule has 0 aromatic heterocycles. The molecule has 0 atom stereocenters. The maximum Gasteiger partial charge on any atom is 0.511 e. The lowest BCUT2D eigenvalue weighted by Crippen LogP contribution is -2.33. The molecule has 0 saturated heterocycles. The highest BCUT2D eigenvalue weighted by atomic mass is 16.7. The Bertz CT molecular complexity index is 507. The highest BCUT2D eigenvalue weighted by molar-refractivity contribution is 6.07. The van der Waals surface area contributed by atoms with E-state index in [1.54, 1.807) is 25.2 Å². The number of ether oxygens (including phenoxy) is 1. The number of fused-ring (bicyclic) bond motifs is 1. The molecule has 2 rings (SSSR count). The molecule has 1 aromatic rings. The third kappa shape index (κ3) is 1.63. The van der Waals surface area contributed by atoms with Crippen LogP contribution < -0.4 is 9.64 Å². The van der Waals surface area contributed by atoms with E-state index in [0.29, 0.717) is 5.69 Å². The zero-order valence-corrected chi connectivity index (χ0v) is 9.85. The van der Waals surface area contributed by atoms with Crippen molar-refractivity contribution in [1.29, 1.82) is 0 Å². The summed E-state index contributed by atoms with van der Waals surface area (Å²) >= 11 is 0. The van der Waals surface area contributed by atoms with E-state index in [-0.39, 0.29) is 11.7 Å². The normalized spacial score (nSPS) is 16.9. The number of anilines is 1. The lowest BCUT2D eigenvalue weighted by molar-refractivity contribution is -0.121. The Hall–Kier alpha value is -2.04. The van der Waals surface area contributed by atoms with Crippen molar-refractivity contribution in [2.45, 2.75) is 19.3 Å². The lowest BCUT2D eigenvalue weighted by Gasteiger charge is -2.16. The molecular formula is C12H13NO4. The van der Waals surface area contributed by atoms with E-state index >= 15 is 0 Å². The van der Waals surface area contributed by atoms with Gasteiger partial charge in [-0.25, -0.2) is 4.79 Å². The van der Waals surface area contributed by atoms with Crippen LogP contribution >= 0.6 is 0 Å². The van der Waals surface area contributed by atoms with Gasteiger partial charge in [0.2, 0.25) is 5.91 Å². The first kappa shape index (κ1) is 11.4. The number of nitrogens with zero attached hydrogens (tertiary/aromatic N) is 1. The average Bonchev–Trinajstić information content (AvgIpc) is 2.40.